The van der Waals surface area contributed by atoms with Crippen LogP contribution in [0.3, 0.4) is 0 Å². The fraction of sp³-hybridized carbons (Fsp3) is 0.600. The number of hydrogen-bond donors (Lipinski definition) is 0. The molecule has 2 fully saturated rings. The van der Waals surface area contributed by atoms with Gasteiger partial charge in [0.1, 0.15) is 11.8 Å². The average molecular weight is 422 g/mol. The van der Waals surface area contributed by atoms with Gasteiger partial charge < -0.3 is 14.0 Å². The number of sulfonamides is 1. The molecular formula is C20H27N3O5S. The topological polar surface area (TPSA) is 94.8 Å². The second-order valence-corrected chi connectivity index (χ2v) is 9.51. The van der Waals surface area contributed by atoms with Gasteiger partial charge in [-0.1, -0.05) is 17.6 Å². The number of aromatic nitrogens is 2. The molecule has 0 radical (unpaired) electrons. The summed E-state index contributed by atoms with van der Waals surface area (Å²) >= 11 is 0. The van der Waals surface area contributed by atoms with Crippen molar-refractivity contribution in [3.05, 3.63) is 36.0 Å². The first-order chi connectivity index (χ1) is 14.1. The molecule has 1 saturated heterocycles. The third-order valence-corrected chi connectivity index (χ3v) is 7.29. The molecule has 9 heteroatoms. The van der Waals surface area contributed by atoms with Crippen molar-refractivity contribution >= 4 is 10.0 Å². The second kappa shape index (κ2) is 8.81. The summed E-state index contributed by atoms with van der Waals surface area (Å²) in [7, 11) is -2.19. The van der Waals surface area contributed by atoms with Gasteiger partial charge in [0.15, 0.2) is 5.82 Å². The molecule has 2 aromatic rings. The average Bonchev–Trinajstić information content (AvgIpc) is 3.46. The highest BCUT2D eigenvalue weighted by Crippen LogP contribution is 2.35. The molecule has 4 rings (SSSR count). The third kappa shape index (κ3) is 4.79. The number of piperidine rings is 1. The quantitative estimate of drug-likeness (QED) is 0.575. The van der Waals surface area contributed by atoms with Crippen LogP contribution in [0.4, 0.5) is 0 Å². The van der Waals surface area contributed by atoms with Crippen molar-refractivity contribution in [3.8, 4) is 5.75 Å². The monoisotopic (exact) mass is 421 g/mol. The van der Waals surface area contributed by atoms with Gasteiger partial charge in [0.25, 0.3) is 0 Å². The summed E-state index contributed by atoms with van der Waals surface area (Å²) < 4.78 is 44.3. The zero-order chi connectivity index (χ0) is 20.3. The molecule has 2 aliphatic rings. The lowest BCUT2D eigenvalue weighted by molar-refractivity contribution is 0.125. The van der Waals surface area contributed by atoms with Gasteiger partial charge in [0.2, 0.25) is 15.9 Å². The molecule has 1 saturated carbocycles. The van der Waals surface area contributed by atoms with Crippen molar-refractivity contribution in [2.24, 2.45) is 5.92 Å². The number of ether oxygens (including phenoxy) is 2. The standard InChI is InChI=1S/C20H27N3O5S/c1-26-16-5-4-6-17(13-16)29(24,25)23-11-3-2-7-18(23)20-21-19(22-28-20)10-12-27-14-15-8-9-15/h4-6,13,15,18H,2-3,7-12,14H2,1H3. The van der Waals surface area contributed by atoms with E-state index in [4.69, 9.17) is 14.0 Å². The molecule has 8 nitrogen and oxygen atoms in total. The van der Waals surface area contributed by atoms with E-state index in [-0.39, 0.29) is 4.90 Å². The highest BCUT2D eigenvalue weighted by Gasteiger charge is 2.37. The zero-order valence-electron chi connectivity index (χ0n) is 16.6. The largest absolute Gasteiger partial charge is 0.497 e. The Morgan fingerprint density at radius 2 is 2.10 bits per heavy atom. The van der Waals surface area contributed by atoms with Crippen LogP contribution in [0.2, 0.25) is 0 Å². The maximum Gasteiger partial charge on any atom is 0.245 e. The Labute approximate surface area is 171 Å². The Balaban J connectivity index is 1.48. The molecule has 0 N–H and O–H groups in total. The Morgan fingerprint density at radius 1 is 1.24 bits per heavy atom. The number of benzene rings is 1. The SMILES string of the molecule is COc1cccc(S(=O)(=O)N2CCCCC2c2nc(CCOCC3CC3)no2)c1. The first-order valence-corrected chi connectivity index (χ1v) is 11.6. The van der Waals surface area contributed by atoms with Gasteiger partial charge in [-0.05, 0) is 43.7 Å². The van der Waals surface area contributed by atoms with E-state index in [2.05, 4.69) is 10.1 Å². The number of methoxy groups -OCH3 is 1. The van der Waals surface area contributed by atoms with Crippen LogP contribution in [0, 0.1) is 5.92 Å². The van der Waals surface area contributed by atoms with Crippen molar-refractivity contribution in [1.82, 2.24) is 14.4 Å². The normalized spacial score (nSPS) is 20.7. The van der Waals surface area contributed by atoms with E-state index in [1.807, 2.05) is 0 Å². The molecule has 0 bridgehead atoms. The molecule has 1 aromatic heterocycles. The fourth-order valence-corrected chi connectivity index (χ4v) is 5.23. The first-order valence-electron chi connectivity index (χ1n) is 10.1. The van der Waals surface area contributed by atoms with E-state index < -0.39 is 16.1 Å². The molecule has 0 spiro atoms. The van der Waals surface area contributed by atoms with E-state index in [1.165, 1.54) is 30.3 Å². The van der Waals surface area contributed by atoms with Gasteiger partial charge in [-0.3, -0.25) is 0 Å². The zero-order valence-corrected chi connectivity index (χ0v) is 17.4. The first kappa shape index (κ1) is 20.3. The predicted octanol–water partition coefficient (Wildman–Crippen LogP) is 2.96. The van der Waals surface area contributed by atoms with Crippen LogP contribution in [-0.4, -0.2) is 49.7 Å². The molecule has 1 aliphatic carbocycles. The number of hydrogen-bond acceptors (Lipinski definition) is 7. The Hall–Kier alpha value is -1.97. The second-order valence-electron chi connectivity index (χ2n) is 7.62. The number of nitrogens with zero attached hydrogens (tertiary/aromatic N) is 3. The molecule has 1 aromatic carbocycles. The van der Waals surface area contributed by atoms with Gasteiger partial charge in [-0.15, -0.1) is 0 Å². The van der Waals surface area contributed by atoms with E-state index in [0.29, 0.717) is 49.4 Å². The van der Waals surface area contributed by atoms with E-state index in [9.17, 15) is 8.42 Å². The minimum absolute atomic E-state index is 0.206. The van der Waals surface area contributed by atoms with Crippen LogP contribution >= 0.6 is 0 Å². The van der Waals surface area contributed by atoms with Gasteiger partial charge in [0, 0.05) is 25.6 Å². The highest BCUT2D eigenvalue weighted by atomic mass is 32.2. The highest BCUT2D eigenvalue weighted by molar-refractivity contribution is 7.89. The van der Waals surface area contributed by atoms with Crippen LogP contribution in [0.25, 0.3) is 0 Å². The molecule has 1 unspecified atom stereocenters. The van der Waals surface area contributed by atoms with Gasteiger partial charge in [-0.2, -0.15) is 9.29 Å². The molecule has 0 amide bonds. The van der Waals surface area contributed by atoms with Crippen molar-refractivity contribution in [2.75, 3.05) is 26.9 Å². The molecule has 2 heterocycles. The fourth-order valence-electron chi connectivity index (χ4n) is 3.54. The van der Waals surface area contributed by atoms with Crippen LogP contribution in [0.15, 0.2) is 33.7 Å². The van der Waals surface area contributed by atoms with Gasteiger partial charge in [0.05, 0.1) is 18.6 Å². The summed E-state index contributed by atoms with van der Waals surface area (Å²) in [5, 5.41) is 4.03. The molecule has 1 atom stereocenters. The number of rotatable bonds is 9. The molecule has 29 heavy (non-hydrogen) atoms. The van der Waals surface area contributed by atoms with E-state index in [1.54, 1.807) is 18.2 Å². The van der Waals surface area contributed by atoms with Crippen LogP contribution in [0.5, 0.6) is 5.75 Å². The minimum atomic E-state index is -3.71. The maximum absolute atomic E-state index is 13.3. The molecular weight excluding hydrogens is 394 g/mol. The summed E-state index contributed by atoms with van der Waals surface area (Å²) in [4.78, 5) is 4.67. The lowest BCUT2D eigenvalue weighted by Crippen LogP contribution is -2.38. The van der Waals surface area contributed by atoms with Crippen LogP contribution < -0.4 is 4.74 Å². The minimum Gasteiger partial charge on any atom is -0.497 e. The summed E-state index contributed by atoms with van der Waals surface area (Å²) in [5.74, 6) is 2.13. The van der Waals surface area contributed by atoms with Crippen molar-refractivity contribution in [2.45, 2.75) is 49.5 Å². The van der Waals surface area contributed by atoms with Crippen LogP contribution in [0.1, 0.15) is 49.9 Å². The lowest BCUT2D eigenvalue weighted by Gasteiger charge is -2.32. The maximum atomic E-state index is 13.3. The Bertz CT molecular complexity index is 926. The Kier molecular flexibility index (Phi) is 6.17. The van der Waals surface area contributed by atoms with Crippen LogP contribution in [-0.2, 0) is 21.2 Å². The summed E-state index contributed by atoms with van der Waals surface area (Å²) in [6.07, 6.45) is 5.44. The van der Waals surface area contributed by atoms with Crippen molar-refractivity contribution in [1.29, 1.82) is 0 Å². The third-order valence-electron chi connectivity index (χ3n) is 5.39. The van der Waals surface area contributed by atoms with E-state index in [0.717, 1.165) is 19.4 Å². The summed E-state index contributed by atoms with van der Waals surface area (Å²) in [6.45, 7) is 1.76. The predicted molar refractivity (Wildman–Crippen MR) is 105 cm³/mol. The molecule has 1 aliphatic heterocycles. The lowest BCUT2D eigenvalue weighted by atomic mass is 10.1. The summed E-state index contributed by atoms with van der Waals surface area (Å²) in [6, 6.07) is 6.07. The molecule has 158 valence electrons. The van der Waals surface area contributed by atoms with Crippen molar-refractivity contribution in [3.63, 3.8) is 0 Å². The van der Waals surface area contributed by atoms with Gasteiger partial charge in [-0.25, -0.2) is 8.42 Å². The summed E-state index contributed by atoms with van der Waals surface area (Å²) in [5.41, 5.74) is 0. The van der Waals surface area contributed by atoms with Gasteiger partial charge >= 0.3 is 0 Å². The Morgan fingerprint density at radius 3 is 2.90 bits per heavy atom. The van der Waals surface area contributed by atoms with E-state index >= 15 is 0 Å². The smallest absolute Gasteiger partial charge is 0.245 e. The van der Waals surface area contributed by atoms with Crippen molar-refractivity contribution < 1.29 is 22.4 Å².